The Morgan fingerprint density at radius 3 is 2.50 bits per heavy atom. The molecule has 0 aliphatic rings. The number of carbonyl (C=O) groups is 1. The van der Waals surface area contributed by atoms with E-state index in [9.17, 15) is 4.79 Å². The predicted molar refractivity (Wildman–Crippen MR) is 118 cm³/mol. The molecule has 5 nitrogen and oxygen atoms in total. The fraction of sp³-hybridized carbons (Fsp3) is 0.364. The van der Waals surface area contributed by atoms with Crippen LogP contribution in [-0.4, -0.2) is 51.3 Å². The van der Waals surface area contributed by atoms with Gasteiger partial charge in [-0.3, -0.25) is 4.79 Å². The van der Waals surface area contributed by atoms with Crippen molar-refractivity contribution in [1.29, 1.82) is 0 Å². The predicted octanol–water partition coefficient (Wildman–Crippen LogP) is 4.90. The summed E-state index contributed by atoms with van der Waals surface area (Å²) in [6.45, 7) is 7.13. The zero-order valence-electron chi connectivity index (χ0n) is 17.4. The molecule has 0 aliphatic heterocycles. The van der Waals surface area contributed by atoms with E-state index in [0.717, 1.165) is 29.0 Å². The van der Waals surface area contributed by atoms with E-state index in [-0.39, 0.29) is 12.3 Å². The normalized spacial score (nSPS) is 11.0. The van der Waals surface area contributed by atoms with Crippen molar-refractivity contribution in [1.82, 2.24) is 4.90 Å². The first-order valence-corrected chi connectivity index (χ1v) is 9.58. The Morgan fingerprint density at radius 1 is 1.18 bits per heavy atom. The van der Waals surface area contributed by atoms with Gasteiger partial charge in [-0.05, 0) is 62.2 Å². The number of likely N-dealkylation sites (N-methyl/N-ethyl adjacent to an activating group) is 1. The maximum absolute atomic E-state index is 12.9. The lowest BCUT2D eigenvalue weighted by molar-refractivity contribution is 0.0999. The highest BCUT2D eigenvalue weighted by molar-refractivity contribution is 6.32. The maximum atomic E-state index is 12.9. The van der Waals surface area contributed by atoms with Crippen LogP contribution in [0.15, 0.2) is 35.3 Å². The molecule has 0 radical (unpaired) electrons. The number of carbonyl (C=O) groups excluding carboxylic acids is 1. The van der Waals surface area contributed by atoms with Gasteiger partial charge in [-0.25, -0.2) is 4.99 Å². The van der Waals surface area contributed by atoms with Gasteiger partial charge in [0.1, 0.15) is 5.75 Å². The fourth-order valence-electron chi connectivity index (χ4n) is 2.77. The molecule has 0 atom stereocenters. The van der Waals surface area contributed by atoms with Crippen LogP contribution in [0.25, 0.3) is 0 Å². The van der Waals surface area contributed by atoms with Crippen LogP contribution in [0.1, 0.15) is 28.4 Å². The fourth-order valence-corrected chi connectivity index (χ4v) is 3.02. The van der Waals surface area contributed by atoms with Gasteiger partial charge in [0.05, 0.1) is 30.7 Å². The van der Waals surface area contributed by atoms with Gasteiger partial charge < -0.3 is 14.5 Å². The van der Waals surface area contributed by atoms with E-state index in [0.29, 0.717) is 16.3 Å². The van der Waals surface area contributed by atoms with Gasteiger partial charge in [-0.15, -0.1) is 0 Å². The van der Waals surface area contributed by atoms with E-state index in [4.69, 9.17) is 16.3 Å². The number of nitrogens with zero attached hydrogens (tertiary/aromatic N) is 3. The Morgan fingerprint density at radius 2 is 1.89 bits per heavy atom. The molecule has 0 heterocycles. The van der Waals surface area contributed by atoms with Crippen molar-refractivity contribution in [3.8, 4) is 5.75 Å². The second-order valence-electron chi connectivity index (χ2n) is 6.87. The van der Waals surface area contributed by atoms with E-state index in [1.54, 1.807) is 19.2 Å². The van der Waals surface area contributed by atoms with Crippen molar-refractivity contribution in [3.05, 3.63) is 52.0 Å². The van der Waals surface area contributed by atoms with Gasteiger partial charge in [0.2, 0.25) is 0 Å². The molecule has 2 aromatic carbocycles. The average molecular weight is 402 g/mol. The van der Waals surface area contributed by atoms with Crippen LogP contribution >= 0.6 is 11.6 Å². The standard InChI is InChI=1S/C22H28ClN3O2/c1-7-25(4)14-24-20-11-15(2)18(10-16(20)3)21(27)13-26(5)17-8-9-22(28-6)19(23)12-17/h8-12,14H,7,13H2,1-6H3. The quantitative estimate of drug-likeness (QED) is 0.358. The number of aliphatic imine (C=N–C) groups is 1. The molecule has 28 heavy (non-hydrogen) atoms. The minimum Gasteiger partial charge on any atom is -0.495 e. The van der Waals surface area contributed by atoms with Gasteiger partial charge in [-0.2, -0.15) is 0 Å². The molecule has 6 heteroatoms. The highest BCUT2D eigenvalue weighted by Crippen LogP contribution is 2.29. The summed E-state index contributed by atoms with van der Waals surface area (Å²) in [6.07, 6.45) is 1.81. The number of benzene rings is 2. The largest absolute Gasteiger partial charge is 0.495 e. The number of Topliss-reactive ketones (excluding diaryl/α,β-unsaturated/α-hetero) is 1. The molecule has 0 fully saturated rings. The van der Waals surface area contributed by atoms with Crippen LogP contribution in [0, 0.1) is 13.8 Å². The van der Waals surface area contributed by atoms with Crippen molar-refractivity contribution < 1.29 is 9.53 Å². The number of rotatable bonds is 8. The molecule has 0 aliphatic carbocycles. The third kappa shape index (κ3) is 5.26. The summed E-state index contributed by atoms with van der Waals surface area (Å²) in [5, 5.41) is 0.519. The van der Waals surface area contributed by atoms with Gasteiger partial charge in [0.15, 0.2) is 5.78 Å². The van der Waals surface area contributed by atoms with Crippen LogP contribution in [0.3, 0.4) is 0 Å². The molecule has 0 amide bonds. The summed E-state index contributed by atoms with van der Waals surface area (Å²) in [5.41, 5.74) is 4.35. The van der Waals surface area contributed by atoms with Crippen LogP contribution in [0.2, 0.25) is 5.02 Å². The lowest BCUT2D eigenvalue weighted by Gasteiger charge is -2.20. The summed E-state index contributed by atoms with van der Waals surface area (Å²) >= 11 is 6.20. The van der Waals surface area contributed by atoms with Crippen LogP contribution in [0.4, 0.5) is 11.4 Å². The number of halogens is 1. The number of aryl methyl sites for hydroxylation is 2. The van der Waals surface area contributed by atoms with Crippen molar-refractivity contribution in [2.75, 3.05) is 39.2 Å². The maximum Gasteiger partial charge on any atom is 0.182 e. The summed E-state index contributed by atoms with van der Waals surface area (Å²) in [7, 11) is 5.43. The minimum absolute atomic E-state index is 0.0521. The lowest BCUT2D eigenvalue weighted by Crippen LogP contribution is -2.26. The summed E-state index contributed by atoms with van der Waals surface area (Å²) in [5.74, 6) is 0.665. The number of hydrogen-bond donors (Lipinski definition) is 0. The van der Waals surface area contributed by atoms with E-state index >= 15 is 0 Å². The van der Waals surface area contributed by atoms with Crippen LogP contribution in [0.5, 0.6) is 5.75 Å². The summed E-state index contributed by atoms with van der Waals surface area (Å²) in [6, 6.07) is 9.37. The minimum atomic E-state index is 0.0521. The third-order valence-corrected chi connectivity index (χ3v) is 4.99. The smallest absolute Gasteiger partial charge is 0.182 e. The lowest BCUT2D eigenvalue weighted by atomic mass is 10.00. The first-order valence-electron chi connectivity index (χ1n) is 9.20. The van der Waals surface area contributed by atoms with Gasteiger partial charge >= 0.3 is 0 Å². The SMILES string of the molecule is CCN(C)C=Nc1cc(C)c(C(=O)CN(C)c2ccc(OC)c(Cl)c2)cc1C. The molecule has 0 saturated heterocycles. The Balaban J connectivity index is 2.18. The Kier molecular flexibility index (Phi) is 7.46. The number of methoxy groups -OCH3 is 1. The first-order chi connectivity index (χ1) is 13.3. The Bertz CT molecular complexity index is 880. The Hall–Kier alpha value is -2.53. The number of ether oxygens (including phenoxy) is 1. The first kappa shape index (κ1) is 21.8. The molecular weight excluding hydrogens is 374 g/mol. The number of anilines is 1. The monoisotopic (exact) mass is 401 g/mol. The van der Waals surface area contributed by atoms with Crippen molar-refractivity contribution >= 4 is 35.1 Å². The summed E-state index contributed by atoms with van der Waals surface area (Å²) in [4.78, 5) is 21.3. The van der Waals surface area contributed by atoms with Gasteiger partial charge in [-0.1, -0.05) is 11.6 Å². The summed E-state index contributed by atoms with van der Waals surface area (Å²) < 4.78 is 5.18. The molecule has 0 saturated carbocycles. The molecule has 0 aromatic heterocycles. The van der Waals surface area contributed by atoms with Crippen molar-refractivity contribution in [3.63, 3.8) is 0 Å². The van der Waals surface area contributed by atoms with E-state index in [1.165, 1.54) is 0 Å². The van der Waals surface area contributed by atoms with Gasteiger partial charge in [0.25, 0.3) is 0 Å². The van der Waals surface area contributed by atoms with Crippen LogP contribution in [-0.2, 0) is 0 Å². The van der Waals surface area contributed by atoms with E-state index < -0.39 is 0 Å². The Labute approximate surface area is 172 Å². The third-order valence-electron chi connectivity index (χ3n) is 4.69. The van der Waals surface area contributed by atoms with E-state index in [1.807, 2.05) is 62.3 Å². The van der Waals surface area contributed by atoms with Crippen molar-refractivity contribution in [2.24, 2.45) is 4.99 Å². The molecule has 2 rings (SSSR count). The molecule has 0 spiro atoms. The topological polar surface area (TPSA) is 45.1 Å². The molecule has 150 valence electrons. The second kappa shape index (κ2) is 9.60. The number of ketones is 1. The number of hydrogen-bond acceptors (Lipinski definition) is 4. The van der Waals surface area contributed by atoms with Crippen LogP contribution < -0.4 is 9.64 Å². The molecule has 0 bridgehead atoms. The highest BCUT2D eigenvalue weighted by Gasteiger charge is 2.15. The zero-order chi connectivity index (χ0) is 20.8. The van der Waals surface area contributed by atoms with Crippen molar-refractivity contribution in [2.45, 2.75) is 20.8 Å². The molecule has 0 unspecified atom stereocenters. The second-order valence-corrected chi connectivity index (χ2v) is 7.28. The van der Waals surface area contributed by atoms with Gasteiger partial charge in [0, 0.05) is 31.9 Å². The highest BCUT2D eigenvalue weighted by atomic mass is 35.5. The average Bonchev–Trinajstić information content (AvgIpc) is 2.67. The zero-order valence-corrected chi connectivity index (χ0v) is 18.2. The molecular formula is C22H28ClN3O2. The molecule has 0 N–H and O–H groups in total. The van der Waals surface area contributed by atoms with E-state index in [2.05, 4.69) is 11.9 Å². The molecule has 2 aromatic rings.